The maximum Gasteiger partial charge on any atom is 0.193 e. The zero-order chi connectivity index (χ0) is 16.4. The molecule has 0 saturated heterocycles. The standard InChI is InChI=1S/C15H17ClN6O.ClH/c1-4-17-9(2)11-5-10(13(23-3)6-18-11)12-7-22-15(14(16)21-12)19-8-20-22;/h5-9,17H,4H2,1-3H3;1H/t9-;/m1./s1. The van der Waals surface area contributed by atoms with Gasteiger partial charge in [0.2, 0.25) is 0 Å². The van der Waals surface area contributed by atoms with Crippen LogP contribution in [-0.4, -0.2) is 38.2 Å². The molecule has 3 aromatic rings. The number of nitrogens with zero attached hydrogens (tertiary/aromatic N) is 5. The summed E-state index contributed by atoms with van der Waals surface area (Å²) in [7, 11) is 1.60. The summed E-state index contributed by atoms with van der Waals surface area (Å²) in [6.45, 7) is 4.98. The van der Waals surface area contributed by atoms with Gasteiger partial charge >= 0.3 is 0 Å². The van der Waals surface area contributed by atoms with Crippen LogP contribution in [0.2, 0.25) is 5.15 Å². The zero-order valence-corrected chi connectivity index (χ0v) is 15.1. The second kappa shape index (κ2) is 7.74. The molecule has 9 heteroatoms. The average molecular weight is 369 g/mol. The number of hydrogen-bond acceptors (Lipinski definition) is 6. The molecule has 0 spiro atoms. The van der Waals surface area contributed by atoms with Gasteiger partial charge in [-0.2, -0.15) is 5.10 Å². The SMILES string of the molecule is CCN[C@H](C)c1cc(-c2cn3ncnc3c(Cl)n2)c(OC)cn1.Cl. The summed E-state index contributed by atoms with van der Waals surface area (Å²) in [6.07, 6.45) is 4.91. The molecule has 0 aliphatic heterocycles. The highest BCUT2D eigenvalue weighted by atomic mass is 35.5. The van der Waals surface area contributed by atoms with Crippen LogP contribution in [0, 0.1) is 0 Å². The molecule has 1 N–H and O–H groups in total. The van der Waals surface area contributed by atoms with Crippen molar-refractivity contribution in [2.45, 2.75) is 19.9 Å². The summed E-state index contributed by atoms with van der Waals surface area (Å²) in [6, 6.07) is 2.07. The average Bonchev–Trinajstić information content (AvgIpc) is 3.03. The van der Waals surface area contributed by atoms with Crippen molar-refractivity contribution in [3.05, 3.63) is 35.6 Å². The van der Waals surface area contributed by atoms with E-state index in [1.807, 2.05) is 6.07 Å². The first-order valence-electron chi connectivity index (χ1n) is 7.27. The third-order valence-electron chi connectivity index (χ3n) is 3.56. The molecule has 0 unspecified atom stereocenters. The fraction of sp³-hybridized carbons (Fsp3) is 0.333. The van der Waals surface area contributed by atoms with Crippen LogP contribution >= 0.6 is 24.0 Å². The lowest BCUT2D eigenvalue weighted by Gasteiger charge is -2.15. The third-order valence-corrected chi connectivity index (χ3v) is 3.81. The molecule has 0 bridgehead atoms. The molecule has 0 saturated carbocycles. The minimum atomic E-state index is 0. The lowest BCUT2D eigenvalue weighted by Crippen LogP contribution is -2.18. The fourth-order valence-corrected chi connectivity index (χ4v) is 2.62. The van der Waals surface area contributed by atoms with Crippen molar-refractivity contribution in [1.29, 1.82) is 0 Å². The first-order valence-corrected chi connectivity index (χ1v) is 7.65. The van der Waals surface area contributed by atoms with Crippen LogP contribution in [-0.2, 0) is 0 Å². The van der Waals surface area contributed by atoms with E-state index in [1.54, 1.807) is 24.0 Å². The molecular weight excluding hydrogens is 351 g/mol. The van der Waals surface area contributed by atoms with Gasteiger partial charge in [0.15, 0.2) is 10.8 Å². The van der Waals surface area contributed by atoms with E-state index in [4.69, 9.17) is 16.3 Å². The maximum absolute atomic E-state index is 6.20. The lowest BCUT2D eigenvalue weighted by molar-refractivity contribution is 0.413. The number of aromatic nitrogens is 5. The molecule has 24 heavy (non-hydrogen) atoms. The van der Waals surface area contributed by atoms with Crippen molar-refractivity contribution in [3.8, 4) is 17.0 Å². The molecule has 0 aromatic carbocycles. The summed E-state index contributed by atoms with van der Waals surface area (Å²) in [5, 5.41) is 7.75. The number of rotatable bonds is 5. The molecule has 0 aliphatic carbocycles. The second-order valence-corrected chi connectivity index (χ2v) is 5.39. The quantitative estimate of drug-likeness (QED) is 0.745. The van der Waals surface area contributed by atoms with Gasteiger partial charge < -0.3 is 10.1 Å². The van der Waals surface area contributed by atoms with E-state index in [1.165, 1.54) is 6.33 Å². The number of ether oxygens (including phenoxy) is 1. The van der Waals surface area contributed by atoms with Gasteiger partial charge in [0.1, 0.15) is 12.1 Å². The first kappa shape index (κ1) is 18.4. The predicted octanol–water partition coefficient (Wildman–Crippen LogP) is 2.94. The monoisotopic (exact) mass is 368 g/mol. The van der Waals surface area contributed by atoms with Crippen LogP contribution in [0.5, 0.6) is 5.75 Å². The summed E-state index contributed by atoms with van der Waals surface area (Å²) in [5.41, 5.74) is 2.88. The molecule has 128 valence electrons. The molecule has 0 radical (unpaired) electrons. The largest absolute Gasteiger partial charge is 0.494 e. The van der Waals surface area contributed by atoms with Gasteiger partial charge in [0, 0.05) is 11.6 Å². The molecule has 0 amide bonds. The normalized spacial score (nSPS) is 12.0. The van der Waals surface area contributed by atoms with Gasteiger partial charge in [-0.15, -0.1) is 12.4 Å². The number of pyridine rings is 1. The molecule has 7 nitrogen and oxygen atoms in total. The van der Waals surface area contributed by atoms with Crippen LogP contribution in [0.25, 0.3) is 16.9 Å². The molecule has 0 aliphatic rings. The first-order chi connectivity index (χ1) is 11.1. The molecule has 3 aromatic heterocycles. The van der Waals surface area contributed by atoms with E-state index in [9.17, 15) is 0 Å². The van der Waals surface area contributed by atoms with Crippen molar-refractivity contribution in [2.24, 2.45) is 0 Å². The number of fused-ring (bicyclic) bond motifs is 1. The van der Waals surface area contributed by atoms with E-state index in [-0.39, 0.29) is 18.4 Å². The number of halogens is 2. The van der Waals surface area contributed by atoms with E-state index in [0.29, 0.717) is 22.2 Å². The Morgan fingerprint density at radius 1 is 1.38 bits per heavy atom. The maximum atomic E-state index is 6.20. The van der Waals surface area contributed by atoms with Crippen molar-refractivity contribution in [1.82, 2.24) is 29.9 Å². The van der Waals surface area contributed by atoms with E-state index >= 15 is 0 Å². The highest BCUT2D eigenvalue weighted by molar-refractivity contribution is 6.32. The topological polar surface area (TPSA) is 77.2 Å². The van der Waals surface area contributed by atoms with Crippen molar-refractivity contribution >= 4 is 29.7 Å². The van der Waals surface area contributed by atoms with Gasteiger partial charge in [0.05, 0.1) is 30.9 Å². The number of methoxy groups -OCH3 is 1. The molecule has 3 heterocycles. The molecular formula is C15H18Cl2N6O. The van der Waals surface area contributed by atoms with Crippen LogP contribution in [0.1, 0.15) is 25.6 Å². The van der Waals surface area contributed by atoms with Gasteiger partial charge in [-0.1, -0.05) is 18.5 Å². The van der Waals surface area contributed by atoms with Gasteiger partial charge in [0.25, 0.3) is 0 Å². The fourth-order valence-electron chi connectivity index (χ4n) is 2.39. The Hall–Kier alpha value is -1.96. The zero-order valence-electron chi connectivity index (χ0n) is 13.5. The van der Waals surface area contributed by atoms with E-state index in [2.05, 4.69) is 39.2 Å². The highest BCUT2D eigenvalue weighted by Gasteiger charge is 2.15. The predicted molar refractivity (Wildman–Crippen MR) is 94.9 cm³/mol. The summed E-state index contributed by atoms with van der Waals surface area (Å²) >= 11 is 6.20. The van der Waals surface area contributed by atoms with Crippen LogP contribution < -0.4 is 10.1 Å². The lowest BCUT2D eigenvalue weighted by atomic mass is 10.1. The van der Waals surface area contributed by atoms with Gasteiger partial charge in [-0.25, -0.2) is 14.5 Å². The molecule has 0 fully saturated rings. The van der Waals surface area contributed by atoms with E-state index < -0.39 is 0 Å². The molecule has 1 atom stereocenters. The van der Waals surface area contributed by atoms with Crippen molar-refractivity contribution in [3.63, 3.8) is 0 Å². The van der Waals surface area contributed by atoms with Crippen molar-refractivity contribution in [2.75, 3.05) is 13.7 Å². The second-order valence-electron chi connectivity index (χ2n) is 5.03. The summed E-state index contributed by atoms with van der Waals surface area (Å²) in [5.74, 6) is 0.625. The van der Waals surface area contributed by atoms with Crippen molar-refractivity contribution < 1.29 is 4.74 Å². The van der Waals surface area contributed by atoms with Gasteiger partial charge in [-0.05, 0) is 19.5 Å². The highest BCUT2D eigenvalue weighted by Crippen LogP contribution is 2.31. The third kappa shape index (κ3) is 3.43. The molecule has 3 rings (SSSR count). The smallest absolute Gasteiger partial charge is 0.193 e. The minimum absolute atomic E-state index is 0. The Kier molecular flexibility index (Phi) is 5.93. The summed E-state index contributed by atoms with van der Waals surface area (Å²) in [4.78, 5) is 12.9. The Morgan fingerprint density at radius 3 is 2.88 bits per heavy atom. The van der Waals surface area contributed by atoms with Crippen LogP contribution in [0.3, 0.4) is 0 Å². The minimum Gasteiger partial charge on any atom is -0.494 e. The van der Waals surface area contributed by atoms with Crippen LogP contribution in [0.15, 0.2) is 24.8 Å². The Labute approximate surface area is 150 Å². The Balaban J connectivity index is 0.00000208. The van der Waals surface area contributed by atoms with Gasteiger partial charge in [-0.3, -0.25) is 4.98 Å². The number of hydrogen-bond donors (Lipinski definition) is 1. The van der Waals surface area contributed by atoms with Crippen LogP contribution in [0.4, 0.5) is 0 Å². The Bertz CT molecular complexity index is 838. The number of nitrogens with one attached hydrogen (secondary N) is 1. The Morgan fingerprint density at radius 2 is 2.17 bits per heavy atom. The summed E-state index contributed by atoms with van der Waals surface area (Å²) < 4.78 is 7.01. The van der Waals surface area contributed by atoms with E-state index in [0.717, 1.165) is 17.8 Å².